The Labute approximate surface area is 128 Å². The van der Waals surface area contributed by atoms with Crippen LogP contribution in [0.1, 0.15) is 18.4 Å². The van der Waals surface area contributed by atoms with Crippen LogP contribution in [0.4, 0.5) is 5.95 Å². The minimum atomic E-state index is 0.853. The smallest absolute Gasteiger partial charge is 0.225 e. The Kier molecular flexibility index (Phi) is 4.70. The van der Waals surface area contributed by atoms with E-state index >= 15 is 0 Å². The van der Waals surface area contributed by atoms with Crippen LogP contribution in [0.25, 0.3) is 0 Å². The number of anilines is 1. The largest absolute Gasteiger partial charge is 0.338 e. The van der Waals surface area contributed by atoms with Gasteiger partial charge in [-0.1, -0.05) is 0 Å². The summed E-state index contributed by atoms with van der Waals surface area (Å²) in [6.07, 6.45) is 6.57. The third-order valence-corrected chi connectivity index (χ3v) is 4.66. The van der Waals surface area contributed by atoms with Crippen molar-refractivity contribution in [3.8, 4) is 0 Å². The van der Waals surface area contributed by atoms with E-state index in [-0.39, 0.29) is 0 Å². The summed E-state index contributed by atoms with van der Waals surface area (Å²) in [4.78, 5) is 16.3. The summed E-state index contributed by atoms with van der Waals surface area (Å²) in [5.74, 6) is 1.74. The maximum atomic E-state index is 4.44. The first-order chi connectivity index (χ1) is 10.2. The molecule has 0 N–H and O–H groups in total. The van der Waals surface area contributed by atoms with Gasteiger partial charge in [0.15, 0.2) is 0 Å². The highest BCUT2D eigenvalue weighted by Crippen LogP contribution is 2.18. The second-order valence-electron chi connectivity index (χ2n) is 6.62. The summed E-state index contributed by atoms with van der Waals surface area (Å²) < 4.78 is 0. The summed E-state index contributed by atoms with van der Waals surface area (Å²) in [6, 6.07) is 0. The summed E-state index contributed by atoms with van der Waals surface area (Å²) >= 11 is 0. The summed E-state index contributed by atoms with van der Waals surface area (Å²) in [5, 5.41) is 0. The molecule has 0 aliphatic carbocycles. The number of hydrogen-bond donors (Lipinski definition) is 0. The van der Waals surface area contributed by atoms with Crippen LogP contribution >= 0.6 is 0 Å². The van der Waals surface area contributed by atoms with Gasteiger partial charge in [-0.25, -0.2) is 9.97 Å². The average molecular weight is 289 g/mol. The number of piperazine rings is 1. The molecule has 0 unspecified atom stereocenters. The van der Waals surface area contributed by atoms with Crippen LogP contribution < -0.4 is 4.90 Å². The van der Waals surface area contributed by atoms with Crippen molar-refractivity contribution in [3.63, 3.8) is 0 Å². The van der Waals surface area contributed by atoms with E-state index in [0.29, 0.717) is 0 Å². The highest BCUT2D eigenvalue weighted by Gasteiger charge is 2.23. The quantitative estimate of drug-likeness (QED) is 0.837. The summed E-state index contributed by atoms with van der Waals surface area (Å²) in [7, 11) is 2.25. The van der Waals surface area contributed by atoms with Gasteiger partial charge in [0.05, 0.1) is 0 Å². The molecular weight excluding hydrogens is 262 g/mol. The third kappa shape index (κ3) is 3.92. The van der Waals surface area contributed by atoms with E-state index in [2.05, 4.69) is 31.7 Å². The highest BCUT2D eigenvalue weighted by atomic mass is 15.3. The molecule has 1 aromatic heterocycles. The van der Waals surface area contributed by atoms with Crippen molar-refractivity contribution in [3.05, 3.63) is 18.0 Å². The van der Waals surface area contributed by atoms with Crippen molar-refractivity contribution in [2.75, 3.05) is 57.8 Å². The predicted octanol–water partition coefficient (Wildman–Crippen LogP) is 1.25. The molecule has 2 fully saturated rings. The van der Waals surface area contributed by atoms with Crippen LogP contribution in [0.2, 0.25) is 0 Å². The van der Waals surface area contributed by atoms with E-state index in [0.717, 1.165) is 43.6 Å². The molecule has 1 atom stereocenters. The second kappa shape index (κ2) is 6.71. The Balaban J connectivity index is 1.47. The van der Waals surface area contributed by atoms with Crippen molar-refractivity contribution in [2.24, 2.45) is 5.92 Å². The molecular formula is C16H27N5. The van der Waals surface area contributed by atoms with Crippen LogP contribution in [-0.2, 0) is 0 Å². The fourth-order valence-corrected chi connectivity index (χ4v) is 3.47. The first-order valence-electron chi connectivity index (χ1n) is 8.15. The number of aromatic nitrogens is 2. The summed E-state index contributed by atoms with van der Waals surface area (Å²) in [6.45, 7) is 10.2. The van der Waals surface area contributed by atoms with E-state index in [9.17, 15) is 0 Å². The Hall–Kier alpha value is -1.20. The minimum Gasteiger partial charge on any atom is -0.338 e. The van der Waals surface area contributed by atoms with E-state index in [1.54, 1.807) is 0 Å². The molecule has 116 valence electrons. The van der Waals surface area contributed by atoms with E-state index < -0.39 is 0 Å². The Bertz CT molecular complexity index is 438. The monoisotopic (exact) mass is 289 g/mol. The zero-order valence-corrected chi connectivity index (χ0v) is 13.3. The van der Waals surface area contributed by atoms with Crippen LogP contribution in [0, 0.1) is 12.8 Å². The highest BCUT2D eigenvalue weighted by molar-refractivity contribution is 5.30. The van der Waals surface area contributed by atoms with Gasteiger partial charge in [0.2, 0.25) is 5.95 Å². The van der Waals surface area contributed by atoms with Crippen LogP contribution in [0.5, 0.6) is 0 Å². The number of aryl methyl sites for hydroxylation is 1. The molecule has 2 aliphatic rings. The van der Waals surface area contributed by atoms with E-state index in [1.807, 2.05) is 19.3 Å². The van der Waals surface area contributed by atoms with E-state index in [1.165, 1.54) is 32.5 Å². The van der Waals surface area contributed by atoms with Gasteiger partial charge in [0.1, 0.15) is 0 Å². The lowest BCUT2D eigenvalue weighted by molar-refractivity contribution is 0.147. The molecule has 0 amide bonds. The lowest BCUT2D eigenvalue weighted by Gasteiger charge is -2.38. The molecule has 0 bridgehead atoms. The zero-order chi connectivity index (χ0) is 14.7. The predicted molar refractivity (Wildman–Crippen MR) is 85.6 cm³/mol. The molecule has 3 rings (SSSR count). The number of piperidine rings is 1. The Morgan fingerprint density at radius 3 is 2.48 bits per heavy atom. The Morgan fingerprint density at radius 1 is 1.10 bits per heavy atom. The van der Waals surface area contributed by atoms with Crippen LogP contribution in [0.15, 0.2) is 12.4 Å². The summed E-state index contributed by atoms with van der Waals surface area (Å²) in [5.41, 5.74) is 1.12. The molecule has 5 nitrogen and oxygen atoms in total. The van der Waals surface area contributed by atoms with Gasteiger partial charge in [-0.2, -0.15) is 0 Å². The SMILES string of the molecule is Cc1cnc(N2CCN(C[C@@H]3CCCN(C)C3)CC2)nc1. The lowest BCUT2D eigenvalue weighted by atomic mass is 9.97. The van der Waals surface area contributed by atoms with Crippen molar-refractivity contribution >= 4 is 5.95 Å². The number of likely N-dealkylation sites (tertiary alicyclic amines) is 1. The second-order valence-corrected chi connectivity index (χ2v) is 6.62. The molecule has 0 radical (unpaired) electrons. The lowest BCUT2D eigenvalue weighted by Crippen LogP contribution is -2.49. The molecule has 0 spiro atoms. The molecule has 21 heavy (non-hydrogen) atoms. The first kappa shape index (κ1) is 14.7. The standard InChI is InChI=1S/C16H27N5/c1-14-10-17-16(18-11-14)21-8-6-20(7-9-21)13-15-4-3-5-19(2)12-15/h10-11,15H,3-9,12-13H2,1-2H3/t15-/m1/s1. The maximum absolute atomic E-state index is 4.44. The van der Waals surface area contributed by atoms with Gasteiger partial charge in [0, 0.05) is 51.7 Å². The number of hydrogen-bond acceptors (Lipinski definition) is 5. The van der Waals surface area contributed by atoms with Crippen molar-refractivity contribution in [1.29, 1.82) is 0 Å². The zero-order valence-electron chi connectivity index (χ0n) is 13.3. The minimum absolute atomic E-state index is 0.853. The third-order valence-electron chi connectivity index (χ3n) is 4.66. The van der Waals surface area contributed by atoms with Gasteiger partial charge >= 0.3 is 0 Å². The van der Waals surface area contributed by atoms with Crippen LogP contribution in [0.3, 0.4) is 0 Å². The van der Waals surface area contributed by atoms with Gasteiger partial charge in [0.25, 0.3) is 0 Å². The first-order valence-corrected chi connectivity index (χ1v) is 8.15. The van der Waals surface area contributed by atoms with E-state index in [4.69, 9.17) is 0 Å². The van der Waals surface area contributed by atoms with Crippen molar-refractivity contribution in [1.82, 2.24) is 19.8 Å². The van der Waals surface area contributed by atoms with Crippen molar-refractivity contribution < 1.29 is 0 Å². The molecule has 0 aromatic carbocycles. The topological polar surface area (TPSA) is 35.5 Å². The average Bonchev–Trinajstić information content (AvgIpc) is 2.49. The number of nitrogens with zero attached hydrogens (tertiary/aromatic N) is 5. The fraction of sp³-hybridized carbons (Fsp3) is 0.750. The molecule has 2 saturated heterocycles. The van der Waals surface area contributed by atoms with Gasteiger partial charge < -0.3 is 9.80 Å². The Morgan fingerprint density at radius 2 is 1.81 bits per heavy atom. The molecule has 5 heteroatoms. The normalized spacial score (nSPS) is 25.2. The van der Waals surface area contributed by atoms with Gasteiger partial charge in [-0.05, 0) is 44.8 Å². The molecule has 1 aromatic rings. The van der Waals surface area contributed by atoms with Gasteiger partial charge in [-0.15, -0.1) is 0 Å². The van der Waals surface area contributed by atoms with Gasteiger partial charge in [-0.3, -0.25) is 4.90 Å². The maximum Gasteiger partial charge on any atom is 0.225 e. The fourth-order valence-electron chi connectivity index (χ4n) is 3.47. The molecule has 3 heterocycles. The van der Waals surface area contributed by atoms with Crippen LogP contribution in [-0.4, -0.2) is 72.6 Å². The van der Waals surface area contributed by atoms with Crippen molar-refractivity contribution in [2.45, 2.75) is 19.8 Å². The number of rotatable bonds is 3. The molecule has 2 aliphatic heterocycles. The molecule has 0 saturated carbocycles.